The van der Waals surface area contributed by atoms with Crippen LogP contribution in [0.5, 0.6) is 0 Å². The second-order valence-corrected chi connectivity index (χ2v) is 37.8. The molecule has 11 aliphatic heterocycles. The predicted octanol–water partition coefficient (Wildman–Crippen LogP) is 30.3. The molecule has 22 aliphatic rings. The van der Waals surface area contributed by atoms with Crippen molar-refractivity contribution in [1.29, 1.82) is 0 Å². The van der Waals surface area contributed by atoms with E-state index in [2.05, 4.69) is 78.8 Å². The number of ether oxygens (including phenoxy) is 14. The van der Waals surface area contributed by atoms with Gasteiger partial charge in [0.25, 0.3) is 0 Å². The fraction of sp³-hybridized carbons (Fsp3) is 0.682. The highest BCUT2D eigenvalue weighted by atomic mass is 16.7. The normalized spacial score (nSPS) is 27.7. The van der Waals surface area contributed by atoms with Crippen molar-refractivity contribution >= 4 is 0 Å². The van der Waals surface area contributed by atoms with Crippen LogP contribution >= 0.6 is 0 Å². The summed E-state index contributed by atoms with van der Waals surface area (Å²) in [6.45, 7) is 28.1. The molecule has 22 rings (SSSR count). The first-order valence-corrected chi connectivity index (χ1v) is 48.9. The lowest BCUT2D eigenvalue weighted by Gasteiger charge is -2.29. The lowest BCUT2D eigenvalue weighted by Crippen LogP contribution is -2.24. The van der Waals surface area contributed by atoms with Gasteiger partial charge in [-0.05, 0) is 411 Å². The maximum Gasteiger partial charge on any atom is 0.196 e. The molecule has 0 amide bonds. The van der Waals surface area contributed by atoms with Crippen LogP contribution in [0.2, 0.25) is 0 Å². The summed E-state index contributed by atoms with van der Waals surface area (Å²) < 4.78 is 77.9. The number of rotatable bonds is 0. The van der Waals surface area contributed by atoms with Crippen LogP contribution in [0.3, 0.4) is 0 Å². The van der Waals surface area contributed by atoms with E-state index in [0.717, 1.165) is 137 Å². The summed E-state index contributed by atoms with van der Waals surface area (Å²) in [6, 6.07) is 0. The van der Waals surface area contributed by atoms with E-state index in [0.29, 0.717) is 18.3 Å². The van der Waals surface area contributed by atoms with Gasteiger partial charge in [0.15, 0.2) is 6.29 Å². The first kappa shape index (κ1) is 93.3. The quantitative estimate of drug-likeness (QED) is 0.213. The SMILES string of the molecule is CC1=CC2=C(CCCC2)CO1.CC1=CC2=C(CCCC2)OC1.CC1=CCC2=C(CCCC2)O1.CC1=COC2=C(CCCC2)C1.CC1=COC2=C(CCCC2)O1.CC1C=CC2=C(CCCC2)O1.CC1CC2=C(CCCC2)CO1.CC1CCC2=C(CCCC2)O1.CC1COC2=C(CCCC2)C1.CC1COC2=C(CCCC2)O1.CC1OCC2=C(CCCC2)O1. The molecule has 0 saturated carbocycles. The van der Waals surface area contributed by atoms with Crippen molar-refractivity contribution in [2.24, 2.45) is 5.92 Å². The van der Waals surface area contributed by atoms with Crippen LogP contribution in [-0.4, -0.2) is 70.3 Å². The largest absolute Gasteiger partial charge is 0.498 e. The van der Waals surface area contributed by atoms with Crippen LogP contribution in [0.1, 0.15) is 397 Å². The molecule has 670 valence electrons. The van der Waals surface area contributed by atoms with Crippen molar-refractivity contribution in [3.8, 4) is 0 Å². The molecule has 0 aromatic carbocycles. The summed E-state index contributed by atoms with van der Waals surface area (Å²) >= 11 is 0. The molecule has 11 heterocycles. The van der Waals surface area contributed by atoms with Gasteiger partial charge in [-0.15, -0.1) is 0 Å². The fourth-order valence-electron chi connectivity index (χ4n) is 19.8. The van der Waals surface area contributed by atoms with E-state index >= 15 is 0 Å². The Bertz CT molecular complexity index is 3510. The molecule has 0 aromatic heterocycles. The molecule has 0 bridgehead atoms. The number of hydrogen-bond donors (Lipinski definition) is 0. The van der Waals surface area contributed by atoms with E-state index < -0.39 is 0 Å². The minimum Gasteiger partial charge on any atom is -0.498 e. The predicted molar refractivity (Wildman–Crippen MR) is 487 cm³/mol. The summed E-state index contributed by atoms with van der Waals surface area (Å²) in [5.41, 5.74) is 19.8. The minimum atomic E-state index is -0.0214. The maximum absolute atomic E-state index is 5.77. The lowest BCUT2D eigenvalue weighted by atomic mass is 9.87. The van der Waals surface area contributed by atoms with E-state index in [1.165, 1.54) is 338 Å². The smallest absolute Gasteiger partial charge is 0.196 e. The second kappa shape index (κ2) is 49.7. The molecule has 0 spiro atoms. The molecule has 6 unspecified atom stereocenters. The summed E-state index contributed by atoms with van der Waals surface area (Å²) in [6.07, 6.45) is 79.1. The molecule has 121 heavy (non-hydrogen) atoms. The first-order valence-electron chi connectivity index (χ1n) is 48.9. The Hall–Kier alpha value is -6.90. The van der Waals surface area contributed by atoms with Crippen LogP contribution in [-0.2, 0) is 66.3 Å². The highest BCUT2D eigenvalue weighted by molar-refractivity contribution is 5.33. The number of allylic oxidation sites excluding steroid dienone is 26. The molecule has 6 atom stereocenters. The highest BCUT2D eigenvalue weighted by Crippen LogP contribution is 2.41. The van der Waals surface area contributed by atoms with Crippen LogP contribution in [0, 0.1) is 5.92 Å². The average molecular weight is 1670 g/mol. The molecule has 0 radical (unpaired) electrons. The summed E-state index contributed by atoms with van der Waals surface area (Å²) in [4.78, 5) is 0. The van der Waals surface area contributed by atoms with Crippen molar-refractivity contribution in [2.45, 2.75) is 428 Å². The van der Waals surface area contributed by atoms with E-state index in [-0.39, 0.29) is 12.4 Å². The Morgan fingerprint density at radius 1 is 0.289 bits per heavy atom. The van der Waals surface area contributed by atoms with Crippen molar-refractivity contribution in [1.82, 2.24) is 0 Å². The van der Waals surface area contributed by atoms with Gasteiger partial charge in [0, 0.05) is 70.6 Å². The van der Waals surface area contributed by atoms with Gasteiger partial charge in [0.2, 0.25) is 0 Å². The molecule has 11 aliphatic carbocycles. The van der Waals surface area contributed by atoms with Gasteiger partial charge < -0.3 is 66.3 Å². The highest BCUT2D eigenvalue weighted by Gasteiger charge is 2.29. The van der Waals surface area contributed by atoms with Crippen LogP contribution < -0.4 is 0 Å². The monoisotopic (exact) mass is 1670 g/mol. The van der Waals surface area contributed by atoms with Gasteiger partial charge in [-0.1, -0.05) is 24.6 Å². The van der Waals surface area contributed by atoms with Crippen LogP contribution in [0.25, 0.3) is 0 Å². The summed E-state index contributed by atoms with van der Waals surface area (Å²) in [5, 5.41) is 0. The molecule has 14 nitrogen and oxygen atoms in total. The second-order valence-electron chi connectivity index (χ2n) is 37.8. The van der Waals surface area contributed by atoms with Crippen LogP contribution in [0.15, 0.2) is 196 Å². The van der Waals surface area contributed by atoms with Gasteiger partial charge in [-0.25, -0.2) is 0 Å². The van der Waals surface area contributed by atoms with Gasteiger partial charge >= 0.3 is 0 Å². The number of hydrogen-bond acceptors (Lipinski definition) is 14. The Morgan fingerprint density at radius 2 is 0.818 bits per heavy atom. The Labute approximate surface area is 731 Å². The zero-order valence-electron chi connectivity index (χ0n) is 77.3. The topological polar surface area (TPSA) is 129 Å². The van der Waals surface area contributed by atoms with Gasteiger partial charge in [0.05, 0.1) is 67.1 Å². The molecular formula is C107H158O14. The van der Waals surface area contributed by atoms with Crippen molar-refractivity contribution in [3.63, 3.8) is 0 Å². The molecule has 0 fully saturated rings. The fourth-order valence-corrected chi connectivity index (χ4v) is 19.8. The van der Waals surface area contributed by atoms with Gasteiger partial charge in [0.1, 0.15) is 90.1 Å². The first-order chi connectivity index (χ1) is 59.0. The van der Waals surface area contributed by atoms with Crippen LogP contribution in [0.4, 0.5) is 0 Å². The zero-order chi connectivity index (χ0) is 84.5. The molecule has 0 N–H and O–H groups in total. The van der Waals surface area contributed by atoms with Gasteiger partial charge in [-0.2, -0.15) is 0 Å². The Balaban J connectivity index is 0.000000122. The van der Waals surface area contributed by atoms with E-state index in [1.54, 1.807) is 50.8 Å². The van der Waals surface area contributed by atoms with Crippen molar-refractivity contribution < 1.29 is 66.3 Å². The molecule has 0 aromatic rings. The average Bonchev–Trinajstić information content (AvgIpc) is 0.943. The van der Waals surface area contributed by atoms with Crippen molar-refractivity contribution in [3.05, 3.63) is 196 Å². The minimum absolute atomic E-state index is 0.0214. The molecule has 0 saturated heterocycles. The zero-order valence-corrected chi connectivity index (χ0v) is 77.3. The van der Waals surface area contributed by atoms with Crippen molar-refractivity contribution in [2.75, 3.05) is 39.6 Å². The third-order valence-corrected chi connectivity index (χ3v) is 26.8. The third-order valence-electron chi connectivity index (χ3n) is 26.8. The lowest BCUT2D eigenvalue weighted by molar-refractivity contribution is -0.120. The maximum atomic E-state index is 5.77. The molecule has 14 heteroatoms. The molecular weight excluding hydrogens is 1510 g/mol. The summed E-state index contributed by atoms with van der Waals surface area (Å²) in [7, 11) is 0. The Morgan fingerprint density at radius 3 is 1.56 bits per heavy atom. The Kier molecular flexibility index (Phi) is 38.3. The summed E-state index contributed by atoms with van der Waals surface area (Å²) in [5.74, 6) is 17.1. The third kappa shape index (κ3) is 30.7. The standard InChI is InChI=1S/C10H16O.C10H14O.C10H16O.2C10H14O.C10H16O.2C10H14O.2C9H14O2.C9H12O2/c2*1-8-6-9-4-2-3-5-10(9)7-11-8;3*1-8-6-9-4-2-3-5-10(9)11-7-8;3*1-8-6-7-9-4-2-3-5-10(9)11-8;1-7-10-6-8-4-2-3-5-9(8)11-7;2*1-7-6-10-8-4-2-3-5-9(8)11-7/h8H,2-7H2,1H3;6H,2-5,7H2,1H3;8H,2-7H2,1H3;7H,2-6H2,1H3;6H,2-5,7H2,1H3;8H,2-7H2,1H3;6H,2-5,7H2,1H3;6-8H,2-5H2,1H3;2*7H,2-6H2,1H3;6H,2-5H2,1H3. The van der Waals surface area contributed by atoms with E-state index in [9.17, 15) is 0 Å². The van der Waals surface area contributed by atoms with E-state index in [4.69, 9.17) is 66.3 Å². The van der Waals surface area contributed by atoms with Gasteiger partial charge in [-0.3, -0.25) is 0 Å². The van der Waals surface area contributed by atoms with E-state index in [1.807, 2.05) is 34.0 Å².